The molecule has 3 N–H and O–H groups in total. The highest BCUT2D eigenvalue weighted by atomic mass is 35.5. The van der Waals surface area contributed by atoms with Crippen LogP contribution in [0.25, 0.3) is 21.8 Å². The van der Waals surface area contributed by atoms with E-state index in [0.717, 1.165) is 28.0 Å². The van der Waals surface area contributed by atoms with Crippen LogP contribution >= 0.6 is 11.6 Å². The van der Waals surface area contributed by atoms with Crippen LogP contribution in [-0.2, 0) is 20.9 Å². The Kier molecular flexibility index (Phi) is 16.5. The van der Waals surface area contributed by atoms with Crippen molar-refractivity contribution in [3.63, 3.8) is 0 Å². The van der Waals surface area contributed by atoms with Crippen LogP contribution < -0.4 is 16.2 Å². The van der Waals surface area contributed by atoms with Crippen LogP contribution in [0.1, 0.15) is 55.3 Å². The van der Waals surface area contributed by atoms with Gasteiger partial charge in [0, 0.05) is 55.8 Å². The van der Waals surface area contributed by atoms with Gasteiger partial charge >= 0.3 is 0 Å². The maximum absolute atomic E-state index is 13.0. The normalized spacial score (nSPS) is 13.3. The van der Waals surface area contributed by atoms with Crippen molar-refractivity contribution in [3.05, 3.63) is 111 Å². The maximum Gasteiger partial charge on any atom is 0.261 e. The molecule has 0 atom stereocenters. The van der Waals surface area contributed by atoms with E-state index in [9.17, 15) is 24.3 Å². The number of unbranched alkanes of at least 4 members (excludes halogenated alkanes) is 1. The van der Waals surface area contributed by atoms with Gasteiger partial charge in [-0.05, 0) is 96.4 Å². The second-order valence-electron chi connectivity index (χ2n) is 14.6. The summed E-state index contributed by atoms with van der Waals surface area (Å²) in [4.78, 5) is 60.3. The number of halogens is 1. The van der Waals surface area contributed by atoms with Crippen LogP contribution in [0.2, 0.25) is 5.02 Å². The number of hydrogen-bond donors (Lipinski definition) is 3. The Labute approximate surface area is 333 Å². The summed E-state index contributed by atoms with van der Waals surface area (Å²) in [5, 5.41) is 18.7. The van der Waals surface area contributed by atoms with Crippen LogP contribution in [-0.4, -0.2) is 93.5 Å². The Hall–Kier alpha value is -5.17. The zero-order valence-electron chi connectivity index (χ0n) is 33.1. The molecule has 0 spiro atoms. The number of aliphatic hydroxyl groups is 1. The molecule has 1 aliphatic rings. The fourth-order valence-corrected chi connectivity index (χ4v) is 6.54. The lowest BCUT2D eigenvalue weighted by Crippen LogP contribution is -2.49. The number of anilines is 1. The maximum atomic E-state index is 13.0. The number of nitrogens with zero attached hydrogens (tertiary/aromatic N) is 5. The SMILES string of the molecule is CN(C)CCC(=O)Nc1ccc2c(=O)n(CC3(O)CCN(C(=O)CCCCNC=O)CC3)cnc2c1.Cc1ccc2c(Cl)cc(C)nc2c1.Cc1ccccc1. The lowest BCUT2D eigenvalue weighted by Gasteiger charge is -2.38. The largest absolute Gasteiger partial charge is 0.388 e. The number of likely N-dealkylation sites (tertiary alicyclic amines) is 1. The lowest BCUT2D eigenvalue weighted by atomic mass is 9.91. The fourth-order valence-electron chi connectivity index (χ4n) is 6.22. The van der Waals surface area contributed by atoms with Crippen molar-refractivity contribution in [3.8, 4) is 0 Å². The average Bonchev–Trinajstić information content (AvgIpc) is 3.16. The van der Waals surface area contributed by atoms with Gasteiger partial charge in [-0.15, -0.1) is 0 Å². The zero-order chi connectivity index (χ0) is 40.7. The predicted octanol–water partition coefficient (Wildman–Crippen LogP) is 6.06. The van der Waals surface area contributed by atoms with Gasteiger partial charge in [0.2, 0.25) is 18.2 Å². The molecule has 2 aromatic heterocycles. The molecular weight excluding hydrogens is 730 g/mol. The summed E-state index contributed by atoms with van der Waals surface area (Å²) in [6, 6.07) is 23.2. The third-order valence-corrected chi connectivity index (χ3v) is 9.75. The first-order valence-electron chi connectivity index (χ1n) is 18.9. The highest BCUT2D eigenvalue weighted by molar-refractivity contribution is 6.35. The number of fused-ring (bicyclic) bond motifs is 2. The molecule has 0 unspecified atom stereocenters. The third kappa shape index (κ3) is 13.5. The second kappa shape index (κ2) is 21.2. The van der Waals surface area contributed by atoms with E-state index in [0.29, 0.717) is 81.3 Å². The summed E-state index contributed by atoms with van der Waals surface area (Å²) in [6.45, 7) is 8.22. The minimum Gasteiger partial charge on any atom is -0.388 e. The zero-order valence-corrected chi connectivity index (χ0v) is 33.8. The minimum atomic E-state index is -1.11. The molecule has 6 rings (SSSR count). The topological polar surface area (TPSA) is 150 Å². The van der Waals surface area contributed by atoms with Gasteiger partial charge in [0.1, 0.15) is 0 Å². The summed E-state index contributed by atoms with van der Waals surface area (Å²) in [7, 11) is 3.80. The molecule has 1 saturated heterocycles. The number of aryl methyl sites for hydroxylation is 3. The first kappa shape index (κ1) is 43.6. The van der Waals surface area contributed by atoms with E-state index in [1.165, 1.54) is 22.0 Å². The Morgan fingerprint density at radius 1 is 0.911 bits per heavy atom. The molecule has 0 radical (unpaired) electrons. The van der Waals surface area contributed by atoms with E-state index in [-0.39, 0.29) is 23.9 Å². The van der Waals surface area contributed by atoms with Gasteiger partial charge in [-0.1, -0.05) is 59.6 Å². The monoisotopic (exact) mass is 783 g/mol. The first-order valence-corrected chi connectivity index (χ1v) is 19.3. The van der Waals surface area contributed by atoms with Crippen molar-refractivity contribution in [1.29, 1.82) is 0 Å². The number of hydrogen-bond acceptors (Lipinski definition) is 8. The number of benzene rings is 3. The van der Waals surface area contributed by atoms with Gasteiger partial charge in [0.25, 0.3) is 5.56 Å². The Balaban J connectivity index is 0.000000279. The Morgan fingerprint density at radius 3 is 2.29 bits per heavy atom. The number of amides is 3. The van der Waals surface area contributed by atoms with Gasteiger partial charge in [0.15, 0.2) is 0 Å². The fraction of sp³-hybridized carbons (Fsp3) is 0.395. The van der Waals surface area contributed by atoms with Gasteiger partial charge in [-0.3, -0.25) is 28.7 Å². The number of aromatic nitrogens is 3. The van der Waals surface area contributed by atoms with E-state index in [2.05, 4.69) is 46.6 Å². The van der Waals surface area contributed by atoms with Crippen LogP contribution in [0.5, 0.6) is 0 Å². The molecular formula is C43H54ClN7O5. The van der Waals surface area contributed by atoms with Crippen LogP contribution in [0.15, 0.2) is 83.9 Å². The van der Waals surface area contributed by atoms with Crippen molar-refractivity contribution in [2.75, 3.05) is 45.6 Å². The van der Waals surface area contributed by atoms with Crippen molar-refractivity contribution in [1.82, 2.24) is 29.7 Å². The van der Waals surface area contributed by atoms with E-state index < -0.39 is 5.60 Å². The summed E-state index contributed by atoms with van der Waals surface area (Å²) < 4.78 is 1.41. The molecule has 1 aliphatic heterocycles. The molecule has 5 aromatic rings. The number of rotatable bonds is 12. The number of piperidine rings is 1. The first-order chi connectivity index (χ1) is 26.8. The third-order valence-electron chi connectivity index (χ3n) is 9.44. The summed E-state index contributed by atoms with van der Waals surface area (Å²) >= 11 is 6.07. The molecule has 298 valence electrons. The van der Waals surface area contributed by atoms with Crippen molar-refractivity contribution >= 4 is 57.3 Å². The molecule has 0 saturated carbocycles. The number of carbonyl (C=O) groups excluding carboxylic acids is 3. The van der Waals surface area contributed by atoms with Gasteiger partial charge in [-0.2, -0.15) is 0 Å². The number of pyridine rings is 1. The summed E-state index contributed by atoms with van der Waals surface area (Å²) in [6.07, 6.45) is 5.01. The van der Waals surface area contributed by atoms with Crippen LogP contribution in [0.3, 0.4) is 0 Å². The minimum absolute atomic E-state index is 0.0392. The molecule has 0 bridgehead atoms. The molecule has 3 heterocycles. The molecule has 0 aliphatic carbocycles. The quantitative estimate of drug-likeness (QED) is 0.102. The molecule has 12 nitrogen and oxygen atoms in total. The molecule has 13 heteroatoms. The Bertz CT molecular complexity index is 2130. The summed E-state index contributed by atoms with van der Waals surface area (Å²) in [5.41, 5.74) is 4.15. The van der Waals surface area contributed by atoms with Gasteiger partial charge in [-0.25, -0.2) is 4.98 Å². The highest BCUT2D eigenvalue weighted by Gasteiger charge is 2.34. The van der Waals surface area contributed by atoms with Crippen LogP contribution in [0.4, 0.5) is 5.69 Å². The second-order valence-corrected chi connectivity index (χ2v) is 15.0. The smallest absolute Gasteiger partial charge is 0.261 e. The number of nitrogens with one attached hydrogen (secondary N) is 2. The molecule has 56 heavy (non-hydrogen) atoms. The lowest BCUT2D eigenvalue weighted by molar-refractivity contribution is -0.136. The Morgan fingerprint density at radius 2 is 1.62 bits per heavy atom. The molecule has 3 amide bonds. The van der Waals surface area contributed by atoms with Crippen molar-refractivity contribution < 1.29 is 19.5 Å². The average molecular weight is 784 g/mol. The van der Waals surface area contributed by atoms with E-state index in [1.807, 2.05) is 68.4 Å². The van der Waals surface area contributed by atoms with E-state index in [4.69, 9.17) is 11.6 Å². The summed E-state index contributed by atoms with van der Waals surface area (Å²) in [5.74, 6) is -0.0735. The van der Waals surface area contributed by atoms with Crippen LogP contribution in [0, 0.1) is 20.8 Å². The van der Waals surface area contributed by atoms with Crippen molar-refractivity contribution in [2.24, 2.45) is 0 Å². The molecule has 3 aromatic carbocycles. The van der Waals surface area contributed by atoms with Gasteiger partial charge < -0.3 is 25.5 Å². The number of carbonyl (C=O) groups is 3. The predicted molar refractivity (Wildman–Crippen MR) is 224 cm³/mol. The standard InChI is InChI=1S/C25H36N6O5.C11H10ClN.C7H8/c1-29(2)12-8-22(33)28-19-6-7-20-21(15-19)27-17-31(24(20)35)16-25(36)9-13-30(14-10-25)23(34)5-3-4-11-26-18-32;1-7-3-4-9-10(12)6-8(2)13-11(9)5-7;1-7-5-3-2-4-6-7/h6-7,15,17-18,36H,3-5,8-14,16H2,1-2H3,(H,26,32)(H,28,33);3-6H,1-2H3;2-6H,1H3. The molecule has 1 fully saturated rings. The van der Waals surface area contributed by atoms with E-state index in [1.54, 1.807) is 23.1 Å². The van der Waals surface area contributed by atoms with Crippen molar-refractivity contribution in [2.45, 2.75) is 71.4 Å². The highest BCUT2D eigenvalue weighted by Crippen LogP contribution is 2.26. The van der Waals surface area contributed by atoms with E-state index >= 15 is 0 Å². The van der Waals surface area contributed by atoms with Gasteiger partial charge in [0.05, 0.1) is 39.9 Å².